The summed E-state index contributed by atoms with van der Waals surface area (Å²) in [5.41, 5.74) is 0.333. The molecule has 0 amide bonds. The fourth-order valence-corrected chi connectivity index (χ4v) is 2.86. The first-order chi connectivity index (χ1) is 10.3. The summed E-state index contributed by atoms with van der Waals surface area (Å²) in [7, 11) is 3.56. The number of hydrogen-bond acceptors (Lipinski definition) is 6. The molecule has 0 bridgehead atoms. The maximum absolute atomic E-state index is 12.4. The van der Waals surface area contributed by atoms with Crippen molar-refractivity contribution in [2.75, 3.05) is 42.7 Å². The molecule has 0 saturated heterocycles. The number of anilines is 3. The van der Waals surface area contributed by atoms with Crippen LogP contribution < -0.4 is 14.5 Å². The van der Waals surface area contributed by atoms with E-state index < -0.39 is 10.0 Å². The minimum atomic E-state index is -3.67. The van der Waals surface area contributed by atoms with Gasteiger partial charge >= 0.3 is 0 Å². The monoisotopic (exact) mass is 321 g/mol. The molecule has 2 aromatic rings. The van der Waals surface area contributed by atoms with Gasteiger partial charge in [-0.3, -0.25) is 4.72 Å². The van der Waals surface area contributed by atoms with Crippen molar-refractivity contribution in [3.05, 3.63) is 36.5 Å². The molecule has 0 atom stereocenters. The Labute approximate surface area is 130 Å². The fourth-order valence-electron chi connectivity index (χ4n) is 1.80. The van der Waals surface area contributed by atoms with E-state index in [0.717, 1.165) is 0 Å². The molecule has 118 valence electrons. The van der Waals surface area contributed by atoms with Crippen LogP contribution in [0.1, 0.15) is 0 Å². The first kappa shape index (κ1) is 16.0. The lowest BCUT2D eigenvalue weighted by molar-refractivity contribution is 0.601. The predicted molar refractivity (Wildman–Crippen MR) is 87.9 cm³/mol. The SMILES string of the molecule is CN(C)c1ncc(NS(=O)(=O)c2ccccc2)c(N(C)C)n1. The van der Waals surface area contributed by atoms with Crippen molar-refractivity contribution in [2.45, 2.75) is 4.90 Å². The lowest BCUT2D eigenvalue weighted by Gasteiger charge is -2.19. The summed E-state index contributed by atoms with van der Waals surface area (Å²) in [6, 6.07) is 8.18. The molecule has 0 spiro atoms. The van der Waals surface area contributed by atoms with Gasteiger partial charge in [-0.15, -0.1) is 0 Å². The summed E-state index contributed by atoms with van der Waals surface area (Å²) in [4.78, 5) is 12.2. The fraction of sp³-hybridized carbons (Fsp3) is 0.286. The largest absolute Gasteiger partial charge is 0.361 e. The molecule has 0 unspecified atom stereocenters. The third-order valence-corrected chi connectivity index (χ3v) is 4.26. The van der Waals surface area contributed by atoms with Crippen LogP contribution >= 0.6 is 0 Å². The summed E-state index contributed by atoms with van der Waals surface area (Å²) in [5, 5.41) is 0. The summed E-state index contributed by atoms with van der Waals surface area (Å²) in [6.07, 6.45) is 1.47. The van der Waals surface area contributed by atoms with Crippen molar-refractivity contribution in [1.82, 2.24) is 9.97 Å². The zero-order valence-corrected chi connectivity index (χ0v) is 13.8. The quantitative estimate of drug-likeness (QED) is 0.897. The molecule has 2 rings (SSSR count). The second kappa shape index (κ2) is 6.18. The van der Waals surface area contributed by atoms with Gasteiger partial charge in [0.15, 0.2) is 5.82 Å². The number of rotatable bonds is 5. The molecule has 0 aliphatic rings. The minimum absolute atomic E-state index is 0.191. The van der Waals surface area contributed by atoms with Gasteiger partial charge in [0, 0.05) is 28.2 Å². The van der Waals surface area contributed by atoms with Gasteiger partial charge in [-0.25, -0.2) is 13.4 Å². The second-order valence-electron chi connectivity index (χ2n) is 5.11. The number of sulfonamides is 1. The first-order valence-electron chi connectivity index (χ1n) is 6.61. The highest BCUT2D eigenvalue weighted by molar-refractivity contribution is 7.92. The molecule has 1 aromatic carbocycles. The number of benzene rings is 1. The first-order valence-corrected chi connectivity index (χ1v) is 8.09. The smallest absolute Gasteiger partial charge is 0.262 e. The van der Waals surface area contributed by atoms with Crippen molar-refractivity contribution in [3.8, 4) is 0 Å². The Bertz CT molecular complexity index is 745. The average molecular weight is 321 g/mol. The van der Waals surface area contributed by atoms with E-state index >= 15 is 0 Å². The van der Waals surface area contributed by atoms with Crippen molar-refractivity contribution in [2.24, 2.45) is 0 Å². The van der Waals surface area contributed by atoms with E-state index in [9.17, 15) is 8.42 Å². The van der Waals surface area contributed by atoms with Crippen LogP contribution in [0.25, 0.3) is 0 Å². The van der Waals surface area contributed by atoms with Crippen LogP contribution in [-0.2, 0) is 10.0 Å². The van der Waals surface area contributed by atoms with Gasteiger partial charge < -0.3 is 9.80 Å². The van der Waals surface area contributed by atoms with Gasteiger partial charge in [-0.2, -0.15) is 4.98 Å². The summed E-state index contributed by atoms with van der Waals surface area (Å²) >= 11 is 0. The molecule has 7 nitrogen and oxygen atoms in total. The zero-order chi connectivity index (χ0) is 16.3. The Morgan fingerprint density at radius 3 is 2.18 bits per heavy atom. The second-order valence-corrected chi connectivity index (χ2v) is 6.80. The zero-order valence-electron chi connectivity index (χ0n) is 13.0. The van der Waals surface area contributed by atoms with E-state index in [1.807, 2.05) is 14.1 Å². The third kappa shape index (κ3) is 3.45. The molecule has 0 fully saturated rings. The Hall–Kier alpha value is -2.35. The van der Waals surface area contributed by atoms with Gasteiger partial charge in [0.1, 0.15) is 5.69 Å². The topological polar surface area (TPSA) is 78.4 Å². The van der Waals surface area contributed by atoms with Gasteiger partial charge in [0.25, 0.3) is 10.0 Å². The molecule has 22 heavy (non-hydrogen) atoms. The maximum Gasteiger partial charge on any atom is 0.262 e. The standard InChI is InChI=1S/C14H19N5O2S/c1-18(2)13-12(10-15-14(16-13)19(3)4)17-22(20,21)11-8-6-5-7-9-11/h5-10,17H,1-4H3. The summed E-state index contributed by atoms with van der Waals surface area (Å²) in [6.45, 7) is 0. The average Bonchev–Trinajstić information content (AvgIpc) is 2.47. The van der Waals surface area contributed by atoms with Crippen LogP contribution in [0, 0.1) is 0 Å². The predicted octanol–water partition coefficient (Wildman–Crippen LogP) is 1.41. The highest BCUT2D eigenvalue weighted by atomic mass is 32.2. The van der Waals surface area contributed by atoms with Crippen LogP contribution in [0.3, 0.4) is 0 Å². The maximum atomic E-state index is 12.4. The number of aromatic nitrogens is 2. The van der Waals surface area contributed by atoms with Crippen LogP contribution in [0.15, 0.2) is 41.4 Å². The van der Waals surface area contributed by atoms with Gasteiger partial charge in [-0.1, -0.05) is 18.2 Å². The van der Waals surface area contributed by atoms with Crippen molar-refractivity contribution in [3.63, 3.8) is 0 Å². The Balaban J connectivity index is 2.41. The van der Waals surface area contributed by atoms with E-state index in [4.69, 9.17) is 0 Å². The Kier molecular flexibility index (Phi) is 4.51. The minimum Gasteiger partial charge on any atom is -0.361 e. The molecule has 0 aliphatic heterocycles. The van der Waals surface area contributed by atoms with E-state index in [1.54, 1.807) is 42.1 Å². The van der Waals surface area contributed by atoms with E-state index in [2.05, 4.69) is 14.7 Å². The lowest BCUT2D eigenvalue weighted by Crippen LogP contribution is -2.21. The van der Waals surface area contributed by atoms with Gasteiger partial charge in [0.05, 0.1) is 11.1 Å². The number of nitrogens with one attached hydrogen (secondary N) is 1. The number of nitrogens with zero attached hydrogens (tertiary/aromatic N) is 4. The molecular formula is C14H19N5O2S. The van der Waals surface area contributed by atoms with Crippen LogP contribution in [0.2, 0.25) is 0 Å². The highest BCUT2D eigenvalue weighted by Crippen LogP contribution is 2.25. The van der Waals surface area contributed by atoms with Crippen LogP contribution in [0.4, 0.5) is 17.5 Å². The Morgan fingerprint density at radius 2 is 1.64 bits per heavy atom. The highest BCUT2D eigenvalue weighted by Gasteiger charge is 2.18. The molecule has 0 radical (unpaired) electrons. The summed E-state index contributed by atoms with van der Waals surface area (Å²) < 4.78 is 27.3. The molecule has 1 N–H and O–H groups in total. The van der Waals surface area contributed by atoms with Crippen LogP contribution in [0.5, 0.6) is 0 Å². The van der Waals surface area contributed by atoms with Crippen molar-refractivity contribution < 1.29 is 8.42 Å². The van der Waals surface area contributed by atoms with Gasteiger partial charge in [0.2, 0.25) is 5.95 Å². The van der Waals surface area contributed by atoms with Crippen molar-refractivity contribution in [1.29, 1.82) is 0 Å². The number of hydrogen-bond donors (Lipinski definition) is 1. The lowest BCUT2D eigenvalue weighted by atomic mass is 10.4. The third-order valence-electron chi connectivity index (χ3n) is 2.88. The molecule has 0 aliphatic carbocycles. The van der Waals surface area contributed by atoms with Gasteiger partial charge in [-0.05, 0) is 12.1 Å². The Morgan fingerprint density at radius 1 is 1.00 bits per heavy atom. The molecule has 0 saturated carbocycles. The molecular weight excluding hydrogens is 302 g/mol. The van der Waals surface area contributed by atoms with E-state index in [-0.39, 0.29) is 4.90 Å². The van der Waals surface area contributed by atoms with Crippen molar-refractivity contribution >= 4 is 27.5 Å². The van der Waals surface area contributed by atoms with E-state index in [0.29, 0.717) is 17.5 Å². The normalized spacial score (nSPS) is 11.1. The molecule has 1 heterocycles. The van der Waals surface area contributed by atoms with Crippen LogP contribution in [-0.4, -0.2) is 46.6 Å². The summed E-state index contributed by atoms with van der Waals surface area (Å²) in [5.74, 6) is 1.00. The molecule has 1 aromatic heterocycles. The molecule has 8 heteroatoms. The van der Waals surface area contributed by atoms with E-state index in [1.165, 1.54) is 18.3 Å².